The maximum absolute atomic E-state index is 8.95. The Kier molecular flexibility index (Phi) is 9.40. The van der Waals surface area contributed by atoms with Crippen LogP contribution in [0.2, 0.25) is 0 Å². The number of rotatable bonds is 6. The monoisotopic (exact) mass is 450 g/mol. The van der Waals surface area contributed by atoms with Crippen LogP contribution >= 0.6 is 24.0 Å². The standard InChI is InChI=1S/C19H22N4O.HI/c1-21-19(22-15-17-8-6-7-16(13-17)14-20)23(2)11-12-24-18-9-4-3-5-10-18;/h3-10,13H,11-12,15H2,1-2H3,(H,21,22);1H. The summed E-state index contributed by atoms with van der Waals surface area (Å²) in [6, 6.07) is 19.4. The van der Waals surface area contributed by atoms with Crippen molar-refractivity contribution in [2.24, 2.45) is 4.99 Å². The van der Waals surface area contributed by atoms with Gasteiger partial charge in [0.15, 0.2) is 5.96 Å². The van der Waals surface area contributed by atoms with E-state index in [9.17, 15) is 0 Å². The highest BCUT2D eigenvalue weighted by Gasteiger charge is 2.06. The highest BCUT2D eigenvalue weighted by molar-refractivity contribution is 14.0. The molecule has 2 rings (SSSR count). The van der Waals surface area contributed by atoms with Gasteiger partial charge in [0, 0.05) is 20.6 Å². The SMILES string of the molecule is CN=C(NCc1cccc(C#N)c1)N(C)CCOc1ccccc1.I. The van der Waals surface area contributed by atoms with Crippen molar-refractivity contribution in [2.75, 3.05) is 27.2 Å². The van der Waals surface area contributed by atoms with Crippen LogP contribution < -0.4 is 10.1 Å². The zero-order valence-electron chi connectivity index (χ0n) is 14.5. The zero-order valence-corrected chi connectivity index (χ0v) is 16.8. The van der Waals surface area contributed by atoms with Gasteiger partial charge in [0.1, 0.15) is 12.4 Å². The number of aliphatic imine (C=N–C) groups is 1. The third-order valence-electron chi connectivity index (χ3n) is 3.52. The molecule has 0 saturated carbocycles. The van der Waals surface area contributed by atoms with Gasteiger partial charge in [-0.05, 0) is 29.8 Å². The summed E-state index contributed by atoms with van der Waals surface area (Å²) in [7, 11) is 3.72. The van der Waals surface area contributed by atoms with Gasteiger partial charge in [0.25, 0.3) is 0 Å². The van der Waals surface area contributed by atoms with Gasteiger partial charge in [0.05, 0.1) is 18.2 Å². The van der Waals surface area contributed by atoms with E-state index in [0.717, 1.165) is 17.3 Å². The topological polar surface area (TPSA) is 60.7 Å². The van der Waals surface area contributed by atoms with Crippen LogP contribution in [-0.2, 0) is 6.54 Å². The minimum atomic E-state index is 0. The number of hydrogen-bond donors (Lipinski definition) is 1. The fourth-order valence-electron chi connectivity index (χ4n) is 2.24. The maximum atomic E-state index is 8.95. The molecule has 5 nitrogen and oxygen atoms in total. The van der Waals surface area contributed by atoms with Crippen molar-refractivity contribution < 1.29 is 4.74 Å². The molecule has 0 atom stereocenters. The van der Waals surface area contributed by atoms with Crippen LogP contribution in [0.4, 0.5) is 0 Å². The fourth-order valence-corrected chi connectivity index (χ4v) is 2.24. The molecule has 1 N–H and O–H groups in total. The Bertz CT molecular complexity index is 713. The molecule has 0 aliphatic rings. The van der Waals surface area contributed by atoms with Gasteiger partial charge < -0.3 is 15.0 Å². The van der Waals surface area contributed by atoms with Crippen molar-refractivity contribution in [3.63, 3.8) is 0 Å². The fraction of sp³-hybridized carbons (Fsp3) is 0.263. The van der Waals surface area contributed by atoms with Crippen LogP contribution in [0.1, 0.15) is 11.1 Å². The Morgan fingerprint density at radius 1 is 1.20 bits per heavy atom. The first-order valence-corrected chi connectivity index (χ1v) is 7.81. The van der Waals surface area contributed by atoms with Gasteiger partial charge in [0.2, 0.25) is 0 Å². The Morgan fingerprint density at radius 3 is 2.64 bits per heavy atom. The third kappa shape index (κ3) is 7.01. The van der Waals surface area contributed by atoms with Crippen LogP contribution in [0, 0.1) is 11.3 Å². The van der Waals surface area contributed by atoms with Gasteiger partial charge >= 0.3 is 0 Å². The summed E-state index contributed by atoms with van der Waals surface area (Å²) in [5, 5.41) is 12.2. The molecule has 2 aromatic carbocycles. The number of para-hydroxylation sites is 1. The van der Waals surface area contributed by atoms with Crippen LogP contribution in [0.25, 0.3) is 0 Å². The number of nitriles is 1. The normalized spacial score (nSPS) is 10.4. The molecule has 0 aliphatic heterocycles. The summed E-state index contributed by atoms with van der Waals surface area (Å²) in [5.74, 6) is 1.65. The number of likely N-dealkylation sites (N-methyl/N-ethyl adjacent to an activating group) is 1. The molecule has 0 fully saturated rings. The van der Waals surface area contributed by atoms with Crippen molar-refractivity contribution in [3.8, 4) is 11.8 Å². The lowest BCUT2D eigenvalue weighted by Crippen LogP contribution is -2.40. The summed E-state index contributed by atoms with van der Waals surface area (Å²) < 4.78 is 5.70. The first kappa shape index (κ1) is 20.8. The number of nitrogens with zero attached hydrogens (tertiary/aromatic N) is 3. The number of nitrogens with one attached hydrogen (secondary N) is 1. The van der Waals surface area contributed by atoms with Gasteiger partial charge in [-0.2, -0.15) is 5.26 Å². The van der Waals surface area contributed by atoms with Crippen LogP contribution in [0.5, 0.6) is 5.75 Å². The number of benzene rings is 2. The minimum Gasteiger partial charge on any atom is -0.492 e. The van der Waals surface area contributed by atoms with Crippen molar-refractivity contribution in [3.05, 3.63) is 65.7 Å². The van der Waals surface area contributed by atoms with Crippen molar-refractivity contribution in [1.29, 1.82) is 5.26 Å². The molecule has 0 saturated heterocycles. The quantitative estimate of drug-likeness (QED) is 0.417. The average molecular weight is 450 g/mol. The van der Waals surface area contributed by atoms with Gasteiger partial charge in [-0.15, -0.1) is 24.0 Å². The third-order valence-corrected chi connectivity index (χ3v) is 3.52. The predicted molar refractivity (Wildman–Crippen MR) is 111 cm³/mol. The molecule has 0 bridgehead atoms. The van der Waals surface area contributed by atoms with E-state index < -0.39 is 0 Å². The van der Waals surface area contributed by atoms with E-state index in [1.165, 1.54) is 0 Å². The van der Waals surface area contributed by atoms with E-state index in [1.54, 1.807) is 13.1 Å². The zero-order chi connectivity index (χ0) is 17.2. The largest absolute Gasteiger partial charge is 0.492 e. The molecular formula is C19H23IN4O. The summed E-state index contributed by atoms with van der Waals surface area (Å²) in [6.45, 7) is 1.91. The van der Waals surface area contributed by atoms with E-state index >= 15 is 0 Å². The summed E-state index contributed by atoms with van der Waals surface area (Å²) in [5.41, 5.74) is 1.71. The number of guanidine groups is 1. The molecule has 0 amide bonds. The molecule has 6 heteroatoms. The van der Waals surface area contributed by atoms with E-state index in [4.69, 9.17) is 10.00 Å². The number of halogens is 1. The molecular weight excluding hydrogens is 427 g/mol. The van der Waals surface area contributed by atoms with Gasteiger partial charge in [-0.3, -0.25) is 4.99 Å². The summed E-state index contributed by atoms with van der Waals surface area (Å²) >= 11 is 0. The van der Waals surface area contributed by atoms with Gasteiger partial charge in [-0.1, -0.05) is 30.3 Å². The second-order valence-electron chi connectivity index (χ2n) is 5.30. The maximum Gasteiger partial charge on any atom is 0.193 e. The van der Waals surface area contributed by atoms with Crippen molar-refractivity contribution in [1.82, 2.24) is 10.2 Å². The highest BCUT2D eigenvalue weighted by Crippen LogP contribution is 2.08. The molecule has 25 heavy (non-hydrogen) atoms. The Labute approximate surface area is 166 Å². The summed E-state index contributed by atoms with van der Waals surface area (Å²) in [6.07, 6.45) is 0. The predicted octanol–water partition coefficient (Wildman–Crippen LogP) is 3.26. The molecule has 132 valence electrons. The molecule has 0 spiro atoms. The lowest BCUT2D eigenvalue weighted by molar-refractivity contribution is 0.281. The van der Waals surface area contributed by atoms with E-state index in [0.29, 0.717) is 25.3 Å². The van der Waals surface area contributed by atoms with Crippen molar-refractivity contribution in [2.45, 2.75) is 6.54 Å². The number of hydrogen-bond acceptors (Lipinski definition) is 3. The lowest BCUT2D eigenvalue weighted by atomic mass is 10.1. The molecule has 0 unspecified atom stereocenters. The molecule has 0 aliphatic carbocycles. The number of ether oxygens (including phenoxy) is 1. The van der Waals surface area contributed by atoms with Crippen LogP contribution in [0.3, 0.4) is 0 Å². The Hall–Kier alpha value is -2.27. The average Bonchev–Trinajstić information content (AvgIpc) is 2.63. The van der Waals surface area contributed by atoms with E-state index in [2.05, 4.69) is 16.4 Å². The lowest BCUT2D eigenvalue weighted by Gasteiger charge is -2.22. The van der Waals surface area contributed by atoms with E-state index in [1.807, 2.05) is 60.5 Å². The second-order valence-corrected chi connectivity index (χ2v) is 5.30. The Morgan fingerprint density at radius 2 is 1.96 bits per heavy atom. The van der Waals surface area contributed by atoms with Crippen molar-refractivity contribution >= 4 is 29.9 Å². The molecule has 0 radical (unpaired) electrons. The molecule has 0 aromatic heterocycles. The molecule has 0 heterocycles. The van der Waals surface area contributed by atoms with Gasteiger partial charge in [-0.25, -0.2) is 0 Å². The highest BCUT2D eigenvalue weighted by atomic mass is 127. The minimum absolute atomic E-state index is 0. The smallest absolute Gasteiger partial charge is 0.193 e. The second kappa shape index (κ2) is 11.3. The van der Waals surface area contributed by atoms with Crippen LogP contribution in [-0.4, -0.2) is 38.1 Å². The van der Waals surface area contributed by atoms with E-state index in [-0.39, 0.29) is 24.0 Å². The molecule has 2 aromatic rings. The first-order chi connectivity index (χ1) is 11.7. The first-order valence-electron chi connectivity index (χ1n) is 7.81. The Balaban J connectivity index is 0.00000312. The summed E-state index contributed by atoms with van der Waals surface area (Å²) in [4.78, 5) is 6.29. The van der Waals surface area contributed by atoms with Crippen LogP contribution in [0.15, 0.2) is 59.6 Å².